The Hall–Kier alpha value is -2.13. The summed E-state index contributed by atoms with van der Waals surface area (Å²) in [5, 5.41) is 0. The summed E-state index contributed by atoms with van der Waals surface area (Å²) in [6, 6.07) is 17.8. The van der Waals surface area contributed by atoms with E-state index >= 15 is 0 Å². The van der Waals surface area contributed by atoms with Gasteiger partial charge in [-0.3, -0.25) is 4.79 Å². The Labute approximate surface area is 132 Å². The SMILES string of the molecule is CCc1ccc(CN(C)C(=O)C(N)Cc2ccccc2)cc1. The Morgan fingerprint density at radius 1 is 1.00 bits per heavy atom. The quantitative estimate of drug-likeness (QED) is 0.891. The number of hydrogen-bond acceptors (Lipinski definition) is 2. The van der Waals surface area contributed by atoms with Gasteiger partial charge in [0.2, 0.25) is 5.91 Å². The van der Waals surface area contributed by atoms with Crippen LogP contribution in [0.5, 0.6) is 0 Å². The summed E-state index contributed by atoms with van der Waals surface area (Å²) in [7, 11) is 1.81. The van der Waals surface area contributed by atoms with Gasteiger partial charge in [0.25, 0.3) is 0 Å². The van der Waals surface area contributed by atoms with Gasteiger partial charge in [-0.25, -0.2) is 0 Å². The van der Waals surface area contributed by atoms with Crippen molar-refractivity contribution in [3.05, 3.63) is 71.3 Å². The van der Waals surface area contributed by atoms with Crippen LogP contribution in [0.4, 0.5) is 0 Å². The maximum atomic E-state index is 12.4. The zero-order chi connectivity index (χ0) is 15.9. The van der Waals surface area contributed by atoms with E-state index in [0.717, 1.165) is 17.5 Å². The predicted octanol–water partition coefficient (Wildman–Crippen LogP) is 2.78. The van der Waals surface area contributed by atoms with E-state index in [4.69, 9.17) is 5.73 Å². The molecule has 0 bridgehead atoms. The zero-order valence-electron chi connectivity index (χ0n) is 13.3. The maximum absolute atomic E-state index is 12.4. The zero-order valence-corrected chi connectivity index (χ0v) is 13.3. The number of nitrogens with zero attached hydrogens (tertiary/aromatic N) is 1. The number of nitrogens with two attached hydrogens (primary N) is 1. The molecule has 0 fully saturated rings. The van der Waals surface area contributed by atoms with Crippen molar-refractivity contribution in [3.8, 4) is 0 Å². The molecule has 0 aliphatic heterocycles. The lowest BCUT2D eigenvalue weighted by molar-refractivity contribution is -0.131. The monoisotopic (exact) mass is 296 g/mol. The van der Waals surface area contributed by atoms with Gasteiger partial charge in [-0.2, -0.15) is 0 Å². The molecule has 2 aromatic carbocycles. The fourth-order valence-electron chi connectivity index (χ4n) is 2.47. The lowest BCUT2D eigenvalue weighted by atomic mass is 10.1. The van der Waals surface area contributed by atoms with Crippen molar-refractivity contribution < 1.29 is 4.79 Å². The lowest BCUT2D eigenvalue weighted by Crippen LogP contribution is -2.42. The molecule has 0 saturated heterocycles. The van der Waals surface area contributed by atoms with Gasteiger partial charge in [0, 0.05) is 13.6 Å². The van der Waals surface area contributed by atoms with Gasteiger partial charge in [0.05, 0.1) is 6.04 Å². The van der Waals surface area contributed by atoms with Gasteiger partial charge in [0.1, 0.15) is 0 Å². The number of amides is 1. The van der Waals surface area contributed by atoms with Crippen LogP contribution in [0, 0.1) is 0 Å². The molecule has 2 N–H and O–H groups in total. The highest BCUT2D eigenvalue weighted by atomic mass is 16.2. The molecular formula is C19H24N2O. The molecule has 3 heteroatoms. The van der Waals surface area contributed by atoms with Crippen LogP contribution in [0.3, 0.4) is 0 Å². The third kappa shape index (κ3) is 4.43. The third-order valence-electron chi connectivity index (χ3n) is 3.84. The number of benzene rings is 2. The van der Waals surface area contributed by atoms with E-state index < -0.39 is 6.04 Å². The molecule has 22 heavy (non-hydrogen) atoms. The largest absolute Gasteiger partial charge is 0.340 e. The molecule has 1 atom stereocenters. The van der Waals surface area contributed by atoms with Crippen LogP contribution >= 0.6 is 0 Å². The Morgan fingerprint density at radius 2 is 1.59 bits per heavy atom. The standard InChI is InChI=1S/C19H24N2O/c1-3-15-9-11-17(12-10-15)14-21(2)19(22)18(20)13-16-7-5-4-6-8-16/h4-12,18H,3,13-14,20H2,1-2H3. The van der Waals surface area contributed by atoms with Crippen molar-refractivity contribution in [1.82, 2.24) is 4.90 Å². The number of aryl methyl sites for hydroxylation is 1. The van der Waals surface area contributed by atoms with E-state index in [-0.39, 0.29) is 5.91 Å². The topological polar surface area (TPSA) is 46.3 Å². The van der Waals surface area contributed by atoms with Gasteiger partial charge in [-0.05, 0) is 29.5 Å². The second-order valence-corrected chi connectivity index (χ2v) is 5.66. The minimum absolute atomic E-state index is 0.0246. The molecule has 2 aromatic rings. The number of rotatable bonds is 6. The molecule has 0 aliphatic rings. The Bertz CT molecular complexity index is 593. The minimum Gasteiger partial charge on any atom is -0.340 e. The molecular weight excluding hydrogens is 272 g/mol. The molecule has 0 radical (unpaired) electrons. The average Bonchev–Trinajstić information content (AvgIpc) is 2.55. The van der Waals surface area contributed by atoms with Crippen LogP contribution in [-0.4, -0.2) is 23.9 Å². The van der Waals surface area contributed by atoms with Crippen molar-refractivity contribution >= 4 is 5.91 Å². The Balaban J connectivity index is 1.93. The molecule has 1 amide bonds. The van der Waals surface area contributed by atoms with Crippen LogP contribution in [0.25, 0.3) is 0 Å². The smallest absolute Gasteiger partial charge is 0.239 e. The second-order valence-electron chi connectivity index (χ2n) is 5.66. The van der Waals surface area contributed by atoms with Gasteiger partial charge in [0.15, 0.2) is 0 Å². The first kappa shape index (κ1) is 16.2. The molecule has 0 aliphatic carbocycles. The first-order valence-corrected chi connectivity index (χ1v) is 7.72. The molecule has 2 rings (SSSR count). The Morgan fingerprint density at radius 3 is 2.18 bits per heavy atom. The van der Waals surface area contributed by atoms with Crippen molar-refractivity contribution in [3.63, 3.8) is 0 Å². The lowest BCUT2D eigenvalue weighted by Gasteiger charge is -2.21. The molecule has 1 unspecified atom stereocenters. The summed E-state index contributed by atoms with van der Waals surface area (Å²) in [5.41, 5.74) is 9.57. The average molecular weight is 296 g/mol. The summed E-state index contributed by atoms with van der Waals surface area (Å²) in [6.07, 6.45) is 1.59. The number of carbonyl (C=O) groups excluding carboxylic acids is 1. The third-order valence-corrected chi connectivity index (χ3v) is 3.84. The maximum Gasteiger partial charge on any atom is 0.239 e. The Kier molecular flexibility index (Phi) is 5.73. The van der Waals surface area contributed by atoms with Gasteiger partial charge in [-0.15, -0.1) is 0 Å². The van der Waals surface area contributed by atoms with Crippen molar-refractivity contribution in [2.24, 2.45) is 5.73 Å². The summed E-state index contributed by atoms with van der Waals surface area (Å²) < 4.78 is 0. The first-order chi connectivity index (χ1) is 10.6. The summed E-state index contributed by atoms with van der Waals surface area (Å²) >= 11 is 0. The number of likely N-dealkylation sites (N-methyl/N-ethyl adjacent to an activating group) is 1. The number of carbonyl (C=O) groups is 1. The molecule has 116 valence electrons. The van der Waals surface area contributed by atoms with Crippen molar-refractivity contribution in [2.75, 3.05) is 7.05 Å². The summed E-state index contributed by atoms with van der Waals surface area (Å²) in [6.45, 7) is 2.72. The van der Waals surface area contributed by atoms with E-state index in [1.807, 2.05) is 30.3 Å². The molecule has 0 heterocycles. The highest BCUT2D eigenvalue weighted by molar-refractivity contribution is 5.81. The van der Waals surface area contributed by atoms with Crippen LogP contribution in [0.1, 0.15) is 23.6 Å². The van der Waals surface area contributed by atoms with Crippen molar-refractivity contribution in [2.45, 2.75) is 32.4 Å². The van der Waals surface area contributed by atoms with Crippen LogP contribution in [0.2, 0.25) is 0 Å². The van der Waals surface area contributed by atoms with E-state index in [2.05, 4.69) is 31.2 Å². The molecule has 0 aromatic heterocycles. The fraction of sp³-hybridized carbons (Fsp3) is 0.316. The highest BCUT2D eigenvalue weighted by Gasteiger charge is 2.18. The molecule has 3 nitrogen and oxygen atoms in total. The predicted molar refractivity (Wildman–Crippen MR) is 90.4 cm³/mol. The molecule has 0 spiro atoms. The second kappa shape index (κ2) is 7.76. The van der Waals surface area contributed by atoms with Crippen LogP contribution in [-0.2, 0) is 24.2 Å². The van der Waals surface area contributed by atoms with E-state index in [0.29, 0.717) is 13.0 Å². The van der Waals surface area contributed by atoms with Gasteiger partial charge in [-0.1, -0.05) is 61.5 Å². The van der Waals surface area contributed by atoms with E-state index in [1.54, 1.807) is 11.9 Å². The van der Waals surface area contributed by atoms with Crippen LogP contribution in [0.15, 0.2) is 54.6 Å². The highest BCUT2D eigenvalue weighted by Crippen LogP contribution is 2.09. The molecule has 0 saturated carbocycles. The minimum atomic E-state index is -0.498. The van der Waals surface area contributed by atoms with Crippen molar-refractivity contribution in [1.29, 1.82) is 0 Å². The fourth-order valence-corrected chi connectivity index (χ4v) is 2.47. The first-order valence-electron chi connectivity index (χ1n) is 7.72. The van der Waals surface area contributed by atoms with Crippen LogP contribution < -0.4 is 5.73 Å². The van der Waals surface area contributed by atoms with Gasteiger partial charge >= 0.3 is 0 Å². The van der Waals surface area contributed by atoms with Gasteiger partial charge < -0.3 is 10.6 Å². The normalized spacial score (nSPS) is 12.0. The number of hydrogen-bond donors (Lipinski definition) is 1. The van der Waals surface area contributed by atoms with E-state index in [9.17, 15) is 4.79 Å². The van der Waals surface area contributed by atoms with E-state index in [1.165, 1.54) is 5.56 Å². The summed E-state index contributed by atoms with van der Waals surface area (Å²) in [5.74, 6) is -0.0246. The summed E-state index contributed by atoms with van der Waals surface area (Å²) in [4.78, 5) is 14.1.